The molecule has 14 aromatic rings. The van der Waals surface area contributed by atoms with Gasteiger partial charge in [-0.05, 0) is 42.5 Å². The van der Waals surface area contributed by atoms with Gasteiger partial charge in [0.25, 0.3) is 0 Å². The van der Waals surface area contributed by atoms with Crippen LogP contribution in [0.2, 0.25) is 0 Å². The molecule has 5 aromatic heterocycles. The Bertz CT molecular complexity index is 4190. The summed E-state index contributed by atoms with van der Waals surface area (Å²) in [6.45, 7) is 0. The lowest BCUT2D eigenvalue weighted by atomic mass is 10.0. The molecule has 0 atom stereocenters. The van der Waals surface area contributed by atoms with Crippen LogP contribution in [0.25, 0.3) is 128 Å². The quantitative estimate of drug-likeness (QED) is 0.155. The normalized spacial score (nSPS) is 11.9. The minimum atomic E-state index is -0.537. The number of benzene rings is 9. The van der Waals surface area contributed by atoms with E-state index in [4.69, 9.17) is 19.4 Å². The second-order valence-corrected chi connectivity index (χ2v) is 17.1. The Morgan fingerprint density at radius 3 is 1.09 bits per heavy atom. The maximum absolute atomic E-state index is 14.8. The van der Waals surface area contributed by atoms with Crippen LogP contribution in [0.3, 0.4) is 0 Å². The third-order valence-electron chi connectivity index (χ3n) is 13.3. The molecule has 8 nitrogen and oxygen atoms in total. The van der Waals surface area contributed by atoms with E-state index in [0.29, 0.717) is 39.7 Å². The molecule has 0 aliphatic rings. The Kier molecular flexibility index (Phi) is 8.26. The summed E-state index contributed by atoms with van der Waals surface area (Å²) >= 11 is 0. The minimum absolute atomic E-state index is 0.343. The number of fused-ring (bicyclic) bond motifs is 10. The molecule has 0 radical (unpaired) electrons. The fraction of sp³-hybridized carbons (Fsp3) is 0. The van der Waals surface area contributed by atoms with Crippen LogP contribution >= 0.6 is 0 Å². The van der Waals surface area contributed by atoms with Crippen molar-refractivity contribution in [3.05, 3.63) is 229 Å². The van der Waals surface area contributed by atoms with Crippen LogP contribution in [-0.2, 0) is 0 Å². The summed E-state index contributed by atoms with van der Waals surface area (Å²) in [5.41, 5.74) is 10.3. The second-order valence-electron chi connectivity index (χ2n) is 17.1. The Balaban J connectivity index is 1.25. The number of hydrogen-bond acceptors (Lipinski definition) is 5. The summed E-state index contributed by atoms with van der Waals surface area (Å²) in [6, 6.07) is 74.5. The van der Waals surface area contributed by atoms with E-state index < -0.39 is 5.63 Å². The molecular formula is C60H36N6O2. The molecule has 0 bridgehead atoms. The van der Waals surface area contributed by atoms with Crippen molar-refractivity contribution in [3.8, 4) is 51.2 Å². The highest BCUT2D eigenvalue weighted by Gasteiger charge is 2.29. The van der Waals surface area contributed by atoms with Crippen LogP contribution in [0.15, 0.2) is 228 Å². The summed E-state index contributed by atoms with van der Waals surface area (Å²) < 4.78 is 13.8. The van der Waals surface area contributed by atoms with Crippen LogP contribution < -0.4 is 5.63 Å². The summed E-state index contributed by atoms with van der Waals surface area (Å²) in [5.74, 6) is 1.31. The zero-order chi connectivity index (χ0) is 44.9. The van der Waals surface area contributed by atoms with Gasteiger partial charge in [-0.1, -0.05) is 170 Å². The standard InChI is InChI=1S/C60H36N6O2/c67-54-35-45(60-62-58(37-19-3-1-4-20-37)61-59(63-60)38-21-5-2-6-22-38)55-52(64-46-29-13-7-23-39(46)40-24-8-14-30-47(40)64)36-53(65-48-31-15-9-25-41(48)42-26-10-16-32-49(42)65)56(57(55)68-54)66-50-33-17-11-27-43(50)44-28-12-18-34-51(44)66/h1-36H. The van der Waals surface area contributed by atoms with Gasteiger partial charge in [0.2, 0.25) is 0 Å². The monoisotopic (exact) mass is 872 g/mol. The summed E-state index contributed by atoms with van der Waals surface area (Å²) in [4.78, 5) is 30.4. The van der Waals surface area contributed by atoms with Gasteiger partial charge in [-0.2, -0.15) is 0 Å². The Morgan fingerprint density at radius 2 is 0.676 bits per heavy atom. The number of nitrogens with zero attached hydrogens (tertiary/aromatic N) is 6. The predicted molar refractivity (Wildman–Crippen MR) is 275 cm³/mol. The van der Waals surface area contributed by atoms with E-state index in [1.54, 1.807) is 6.07 Å². The van der Waals surface area contributed by atoms with Crippen molar-refractivity contribution in [2.24, 2.45) is 0 Å². The lowest BCUT2D eigenvalue weighted by Gasteiger charge is -2.22. The largest absolute Gasteiger partial charge is 0.420 e. The Morgan fingerprint density at radius 1 is 0.338 bits per heavy atom. The molecule has 0 saturated carbocycles. The zero-order valence-corrected chi connectivity index (χ0v) is 36.3. The maximum Gasteiger partial charge on any atom is 0.337 e. The second kappa shape index (κ2) is 14.8. The van der Waals surface area contributed by atoms with Gasteiger partial charge >= 0.3 is 5.63 Å². The third-order valence-corrected chi connectivity index (χ3v) is 13.3. The molecule has 0 unspecified atom stereocenters. The van der Waals surface area contributed by atoms with Crippen molar-refractivity contribution in [1.82, 2.24) is 28.7 Å². The van der Waals surface area contributed by atoms with Crippen LogP contribution in [-0.4, -0.2) is 28.7 Å². The van der Waals surface area contributed by atoms with Crippen LogP contribution in [0.5, 0.6) is 0 Å². The molecule has 68 heavy (non-hydrogen) atoms. The smallest absolute Gasteiger partial charge is 0.337 e. The van der Waals surface area contributed by atoms with Gasteiger partial charge in [0, 0.05) is 55.1 Å². The molecule has 0 amide bonds. The van der Waals surface area contributed by atoms with Gasteiger partial charge < -0.3 is 18.1 Å². The zero-order valence-electron chi connectivity index (χ0n) is 36.3. The number of aromatic nitrogens is 6. The van der Waals surface area contributed by atoms with Crippen LogP contribution in [0.1, 0.15) is 0 Å². The van der Waals surface area contributed by atoms with E-state index in [-0.39, 0.29) is 0 Å². The van der Waals surface area contributed by atoms with Gasteiger partial charge in [-0.15, -0.1) is 0 Å². The van der Waals surface area contributed by atoms with Crippen molar-refractivity contribution in [3.63, 3.8) is 0 Å². The summed E-state index contributed by atoms with van der Waals surface area (Å²) in [5, 5.41) is 7.23. The lowest BCUT2D eigenvalue weighted by Crippen LogP contribution is -2.11. The highest BCUT2D eigenvalue weighted by molar-refractivity contribution is 6.16. The molecule has 0 saturated heterocycles. The van der Waals surface area contributed by atoms with Crippen LogP contribution in [0, 0.1) is 0 Å². The van der Waals surface area contributed by atoms with E-state index in [1.807, 2.05) is 60.7 Å². The maximum atomic E-state index is 14.8. The molecule has 8 heteroatoms. The van der Waals surface area contributed by atoms with Crippen molar-refractivity contribution < 1.29 is 4.42 Å². The highest BCUT2D eigenvalue weighted by Crippen LogP contribution is 2.46. The fourth-order valence-electron chi connectivity index (χ4n) is 10.5. The first-order chi connectivity index (χ1) is 33.7. The number of hydrogen-bond donors (Lipinski definition) is 0. The molecule has 318 valence electrons. The van der Waals surface area contributed by atoms with Crippen LogP contribution in [0.4, 0.5) is 0 Å². The molecular weight excluding hydrogens is 837 g/mol. The molecule has 0 spiro atoms. The highest BCUT2D eigenvalue weighted by atomic mass is 16.4. The predicted octanol–water partition coefficient (Wildman–Crippen LogP) is 14.3. The molecule has 14 rings (SSSR count). The summed E-state index contributed by atoms with van der Waals surface area (Å²) in [7, 11) is 0. The number of rotatable bonds is 6. The molecule has 0 fully saturated rings. The van der Waals surface area contributed by atoms with E-state index in [2.05, 4.69) is 165 Å². The van der Waals surface area contributed by atoms with Gasteiger partial charge in [0.15, 0.2) is 23.1 Å². The van der Waals surface area contributed by atoms with Crippen molar-refractivity contribution in [2.45, 2.75) is 0 Å². The Labute approximate surface area is 387 Å². The SMILES string of the molecule is O=c1cc(-c2nc(-c3ccccc3)nc(-c3ccccc3)n2)c2c(-n3c4ccccc4c4ccccc43)cc(-n3c4ccccc4c4ccccc43)c(-n3c4ccccc4c4ccccc43)c2o1. The molecule has 0 aliphatic carbocycles. The van der Waals surface area contributed by atoms with E-state index in [9.17, 15) is 4.79 Å². The third kappa shape index (κ3) is 5.61. The number of para-hydroxylation sites is 6. The molecule has 9 aromatic carbocycles. The van der Waals surface area contributed by atoms with Gasteiger partial charge in [-0.25, -0.2) is 19.7 Å². The topological polar surface area (TPSA) is 83.7 Å². The van der Waals surface area contributed by atoms with E-state index >= 15 is 0 Å². The first kappa shape index (κ1) is 37.9. The van der Waals surface area contributed by atoms with E-state index in [0.717, 1.165) is 87.9 Å². The molecule has 0 N–H and O–H groups in total. The van der Waals surface area contributed by atoms with Gasteiger partial charge in [-0.3, -0.25) is 0 Å². The lowest BCUT2D eigenvalue weighted by molar-refractivity contribution is 0.559. The van der Waals surface area contributed by atoms with Crippen molar-refractivity contribution >= 4 is 76.4 Å². The van der Waals surface area contributed by atoms with Crippen molar-refractivity contribution in [1.29, 1.82) is 0 Å². The average molecular weight is 873 g/mol. The first-order valence-electron chi connectivity index (χ1n) is 22.7. The average Bonchev–Trinajstić information content (AvgIpc) is 4.04. The Hall–Kier alpha value is -9.40. The molecule has 5 heterocycles. The molecule has 0 aliphatic heterocycles. The minimum Gasteiger partial charge on any atom is -0.420 e. The first-order valence-corrected chi connectivity index (χ1v) is 22.7. The van der Waals surface area contributed by atoms with Crippen molar-refractivity contribution in [2.75, 3.05) is 0 Å². The van der Waals surface area contributed by atoms with Gasteiger partial charge in [0.05, 0.1) is 49.9 Å². The van der Waals surface area contributed by atoms with Gasteiger partial charge in [0.1, 0.15) is 5.69 Å². The summed E-state index contributed by atoms with van der Waals surface area (Å²) in [6.07, 6.45) is 0. The van der Waals surface area contributed by atoms with E-state index in [1.165, 1.54) is 0 Å². The fourth-order valence-corrected chi connectivity index (χ4v) is 10.5.